The van der Waals surface area contributed by atoms with E-state index >= 15 is 0 Å². The summed E-state index contributed by atoms with van der Waals surface area (Å²) in [6.45, 7) is 2.54. The van der Waals surface area contributed by atoms with E-state index in [0.717, 1.165) is 6.42 Å². The zero-order chi connectivity index (χ0) is 13.7. The third kappa shape index (κ3) is 3.12. The highest BCUT2D eigenvalue weighted by molar-refractivity contribution is 5.89. The fourth-order valence-corrected chi connectivity index (χ4v) is 1.55. The largest absolute Gasteiger partial charge is 0.454 e. The summed E-state index contributed by atoms with van der Waals surface area (Å²) in [5.74, 6) is -0.906. The van der Waals surface area contributed by atoms with Crippen LogP contribution in [0.5, 0.6) is 0 Å². The first-order valence-corrected chi connectivity index (χ1v) is 5.89. The van der Waals surface area contributed by atoms with Gasteiger partial charge in [-0.15, -0.1) is 5.10 Å². The van der Waals surface area contributed by atoms with Crippen molar-refractivity contribution in [1.29, 1.82) is 0 Å². The number of ether oxygens (including phenoxy) is 1. The second-order valence-corrected chi connectivity index (χ2v) is 3.87. The van der Waals surface area contributed by atoms with Crippen molar-refractivity contribution in [1.82, 2.24) is 20.2 Å². The molecule has 0 unspecified atom stereocenters. The molecule has 7 heteroatoms. The van der Waals surface area contributed by atoms with E-state index in [2.05, 4.69) is 15.5 Å². The van der Waals surface area contributed by atoms with Crippen LogP contribution in [0.25, 0.3) is 0 Å². The summed E-state index contributed by atoms with van der Waals surface area (Å²) < 4.78 is 19.9. The Kier molecular flexibility index (Phi) is 4.17. The summed E-state index contributed by atoms with van der Waals surface area (Å²) in [5, 5.41) is 11.0. The molecule has 100 valence electrons. The number of carbonyl (C=O) groups excluding carboxylic acids is 1. The lowest BCUT2D eigenvalue weighted by Gasteiger charge is -2.05. The predicted molar refractivity (Wildman–Crippen MR) is 63.6 cm³/mol. The summed E-state index contributed by atoms with van der Waals surface area (Å²) in [6.07, 6.45) is 0.860. The maximum Gasteiger partial charge on any atom is 0.341 e. The third-order valence-electron chi connectivity index (χ3n) is 2.47. The van der Waals surface area contributed by atoms with E-state index < -0.39 is 11.8 Å². The molecule has 2 aromatic rings. The smallest absolute Gasteiger partial charge is 0.341 e. The highest BCUT2D eigenvalue weighted by Crippen LogP contribution is 2.09. The fraction of sp³-hybridized carbons (Fsp3) is 0.333. The molecular weight excluding hydrogens is 251 g/mol. The lowest BCUT2D eigenvalue weighted by Crippen LogP contribution is -2.12. The van der Waals surface area contributed by atoms with Gasteiger partial charge in [0, 0.05) is 6.54 Å². The zero-order valence-corrected chi connectivity index (χ0v) is 10.4. The van der Waals surface area contributed by atoms with Crippen molar-refractivity contribution in [3.63, 3.8) is 0 Å². The van der Waals surface area contributed by atoms with Crippen molar-refractivity contribution in [2.75, 3.05) is 0 Å². The highest BCUT2D eigenvalue weighted by atomic mass is 19.1. The van der Waals surface area contributed by atoms with E-state index in [-0.39, 0.29) is 12.2 Å². The molecule has 0 saturated heterocycles. The molecule has 0 fully saturated rings. The van der Waals surface area contributed by atoms with Gasteiger partial charge in [0.2, 0.25) is 0 Å². The van der Waals surface area contributed by atoms with Crippen LogP contribution in [0.15, 0.2) is 24.3 Å². The molecular formula is C12H13FN4O2. The minimum atomic E-state index is -0.732. The fourth-order valence-electron chi connectivity index (χ4n) is 1.55. The molecule has 2 rings (SSSR count). The van der Waals surface area contributed by atoms with Crippen molar-refractivity contribution in [3.8, 4) is 0 Å². The minimum Gasteiger partial charge on any atom is -0.454 e. The summed E-state index contributed by atoms with van der Waals surface area (Å²) in [6, 6.07) is 5.65. The van der Waals surface area contributed by atoms with Crippen LogP contribution in [0.4, 0.5) is 4.39 Å². The normalized spacial score (nSPS) is 10.4. The maximum atomic E-state index is 13.4. The first-order chi connectivity index (χ1) is 9.22. The van der Waals surface area contributed by atoms with Gasteiger partial charge in [-0.3, -0.25) is 0 Å². The number of hydrogen-bond acceptors (Lipinski definition) is 5. The molecule has 0 aliphatic heterocycles. The molecule has 0 saturated carbocycles. The first-order valence-electron chi connectivity index (χ1n) is 5.89. The van der Waals surface area contributed by atoms with Crippen molar-refractivity contribution in [2.24, 2.45) is 0 Å². The number of aryl methyl sites for hydroxylation is 1. The van der Waals surface area contributed by atoms with E-state index in [0.29, 0.717) is 12.4 Å². The van der Waals surface area contributed by atoms with Crippen LogP contribution < -0.4 is 0 Å². The quantitative estimate of drug-likeness (QED) is 0.767. The Morgan fingerprint density at radius 2 is 2.21 bits per heavy atom. The lowest BCUT2D eigenvalue weighted by molar-refractivity contribution is 0.0451. The van der Waals surface area contributed by atoms with Crippen molar-refractivity contribution in [2.45, 2.75) is 26.5 Å². The van der Waals surface area contributed by atoms with Crippen molar-refractivity contribution >= 4 is 5.97 Å². The van der Waals surface area contributed by atoms with Gasteiger partial charge in [-0.1, -0.05) is 19.1 Å². The molecule has 1 aromatic carbocycles. The van der Waals surface area contributed by atoms with Crippen LogP contribution in [-0.4, -0.2) is 26.2 Å². The molecule has 0 amide bonds. The summed E-state index contributed by atoms with van der Waals surface area (Å²) >= 11 is 0. The van der Waals surface area contributed by atoms with E-state index in [1.54, 1.807) is 10.7 Å². The van der Waals surface area contributed by atoms with E-state index in [1.807, 2.05) is 6.92 Å². The Bertz CT molecular complexity index is 570. The Labute approximate surface area is 109 Å². The standard InChI is InChI=1S/C12H13FN4O2/c1-2-7-17-11(14-15-16-17)8-19-12(18)9-5-3-4-6-10(9)13/h3-6H,2,7-8H2,1H3. The number of aromatic nitrogens is 4. The molecule has 19 heavy (non-hydrogen) atoms. The molecule has 0 aliphatic rings. The van der Waals surface area contributed by atoms with Crippen LogP contribution in [0, 0.1) is 5.82 Å². The third-order valence-corrected chi connectivity index (χ3v) is 2.47. The summed E-state index contributed by atoms with van der Waals surface area (Å²) in [5.41, 5.74) is -0.1000. The van der Waals surface area contributed by atoms with Crippen molar-refractivity contribution < 1.29 is 13.9 Å². The molecule has 0 spiro atoms. The predicted octanol–water partition coefficient (Wildman–Crippen LogP) is 1.58. The molecule has 6 nitrogen and oxygen atoms in total. The molecule has 0 radical (unpaired) electrons. The van der Waals surface area contributed by atoms with Gasteiger partial charge in [0.25, 0.3) is 0 Å². The Morgan fingerprint density at radius 3 is 2.95 bits per heavy atom. The average Bonchev–Trinajstić information content (AvgIpc) is 2.84. The highest BCUT2D eigenvalue weighted by Gasteiger charge is 2.14. The topological polar surface area (TPSA) is 69.9 Å². The van der Waals surface area contributed by atoms with Crippen LogP contribution in [-0.2, 0) is 17.9 Å². The SMILES string of the molecule is CCCn1nnnc1COC(=O)c1ccccc1F. The van der Waals surface area contributed by atoms with Gasteiger partial charge >= 0.3 is 5.97 Å². The number of halogens is 1. The monoisotopic (exact) mass is 264 g/mol. The molecule has 0 N–H and O–H groups in total. The van der Waals surface area contributed by atoms with Crippen molar-refractivity contribution in [3.05, 3.63) is 41.5 Å². The van der Waals surface area contributed by atoms with Gasteiger partial charge in [0.1, 0.15) is 5.82 Å². The summed E-state index contributed by atoms with van der Waals surface area (Å²) in [7, 11) is 0. The zero-order valence-electron chi connectivity index (χ0n) is 10.4. The van der Waals surface area contributed by atoms with Crippen LogP contribution >= 0.6 is 0 Å². The van der Waals surface area contributed by atoms with Gasteiger partial charge in [-0.25, -0.2) is 13.9 Å². The molecule has 0 atom stereocenters. The summed E-state index contributed by atoms with van der Waals surface area (Å²) in [4.78, 5) is 11.7. The van der Waals surface area contributed by atoms with E-state index in [9.17, 15) is 9.18 Å². The van der Waals surface area contributed by atoms with Gasteiger partial charge in [0.15, 0.2) is 12.4 Å². The number of esters is 1. The average molecular weight is 264 g/mol. The van der Waals surface area contributed by atoms with Gasteiger partial charge < -0.3 is 4.74 Å². The number of benzene rings is 1. The first kappa shape index (κ1) is 13.1. The van der Waals surface area contributed by atoms with Crippen LogP contribution in [0.2, 0.25) is 0 Å². The second-order valence-electron chi connectivity index (χ2n) is 3.87. The Hall–Kier alpha value is -2.31. The van der Waals surface area contributed by atoms with Gasteiger partial charge in [-0.05, 0) is 29.0 Å². The number of rotatable bonds is 5. The molecule has 0 aliphatic carbocycles. The second kappa shape index (κ2) is 6.03. The molecule has 1 aromatic heterocycles. The van der Waals surface area contributed by atoms with E-state index in [1.165, 1.54) is 18.2 Å². The molecule has 1 heterocycles. The van der Waals surface area contributed by atoms with Crippen LogP contribution in [0.3, 0.4) is 0 Å². The van der Waals surface area contributed by atoms with E-state index in [4.69, 9.17) is 4.74 Å². The maximum absolute atomic E-state index is 13.4. The van der Waals surface area contributed by atoms with Gasteiger partial charge in [0.05, 0.1) is 5.56 Å². The van der Waals surface area contributed by atoms with Gasteiger partial charge in [-0.2, -0.15) is 0 Å². The lowest BCUT2D eigenvalue weighted by atomic mass is 10.2. The number of hydrogen-bond donors (Lipinski definition) is 0. The number of nitrogens with zero attached hydrogens (tertiary/aromatic N) is 4. The number of carbonyl (C=O) groups is 1. The van der Waals surface area contributed by atoms with Crippen LogP contribution in [0.1, 0.15) is 29.5 Å². The Morgan fingerprint density at radius 1 is 1.42 bits per heavy atom. The number of tetrazole rings is 1. The minimum absolute atomic E-state index is 0.0832. The Balaban J connectivity index is 2.01. The molecule has 0 bridgehead atoms.